The number of hydrogen-bond donors (Lipinski definition) is 0. The normalized spacial score (nSPS) is 23.4. The largest absolute Gasteiger partial charge is 0.347 e. The Morgan fingerprint density at radius 1 is 1.14 bits per heavy atom. The third-order valence-electron chi connectivity index (χ3n) is 6.10. The van der Waals surface area contributed by atoms with Crippen molar-refractivity contribution in [3.63, 3.8) is 0 Å². The molecule has 2 fully saturated rings. The molecular formula is C21H22ClN5O2. The number of nitro groups is 1. The molecule has 0 spiro atoms. The molecule has 0 unspecified atom stereocenters. The summed E-state index contributed by atoms with van der Waals surface area (Å²) in [7, 11) is 0. The van der Waals surface area contributed by atoms with Crippen LogP contribution in [0.5, 0.6) is 0 Å². The first-order chi connectivity index (χ1) is 14.1. The summed E-state index contributed by atoms with van der Waals surface area (Å²) in [6, 6.07) is 13.6. The van der Waals surface area contributed by atoms with Crippen LogP contribution in [0.4, 0.5) is 5.69 Å². The summed E-state index contributed by atoms with van der Waals surface area (Å²) in [5.41, 5.74) is 2.38. The van der Waals surface area contributed by atoms with Crippen LogP contribution in [0, 0.1) is 10.1 Å². The van der Waals surface area contributed by atoms with E-state index in [0.29, 0.717) is 17.4 Å². The van der Waals surface area contributed by atoms with Crippen LogP contribution >= 0.6 is 11.6 Å². The zero-order valence-electron chi connectivity index (χ0n) is 15.9. The molecule has 8 heteroatoms. The van der Waals surface area contributed by atoms with Crippen molar-refractivity contribution < 1.29 is 4.92 Å². The number of para-hydroxylation sites is 1. The third kappa shape index (κ3) is 3.09. The van der Waals surface area contributed by atoms with Crippen LogP contribution in [0.3, 0.4) is 0 Å². The number of fused-ring (bicyclic) bond motifs is 4. The fraction of sp³-hybridized carbons (Fsp3) is 0.381. The number of rotatable bonds is 4. The summed E-state index contributed by atoms with van der Waals surface area (Å²) in [5.74, 6) is 0.784. The smallest absolute Gasteiger partial charge is 0.308 e. The number of pyridine rings is 1. The molecule has 150 valence electrons. The molecule has 0 saturated carbocycles. The minimum Gasteiger partial charge on any atom is -0.347 e. The van der Waals surface area contributed by atoms with Gasteiger partial charge in [0.1, 0.15) is 17.4 Å². The van der Waals surface area contributed by atoms with Crippen LogP contribution in [-0.2, 0) is 6.54 Å². The second-order valence-corrected chi connectivity index (χ2v) is 8.13. The van der Waals surface area contributed by atoms with Crippen molar-refractivity contribution in [1.29, 1.82) is 0 Å². The average molecular weight is 412 g/mol. The van der Waals surface area contributed by atoms with Gasteiger partial charge in [0.25, 0.3) is 0 Å². The van der Waals surface area contributed by atoms with Crippen molar-refractivity contribution in [2.24, 2.45) is 0 Å². The molecule has 0 radical (unpaired) electrons. The highest BCUT2D eigenvalue weighted by Gasteiger charge is 2.52. The third-order valence-corrected chi connectivity index (χ3v) is 6.32. The molecule has 1 aromatic carbocycles. The van der Waals surface area contributed by atoms with Gasteiger partial charge in [0.2, 0.25) is 0 Å². The summed E-state index contributed by atoms with van der Waals surface area (Å²) >= 11 is 5.91. The molecular weight excluding hydrogens is 390 g/mol. The first kappa shape index (κ1) is 18.2. The monoisotopic (exact) mass is 411 g/mol. The van der Waals surface area contributed by atoms with Gasteiger partial charge in [-0.3, -0.25) is 10.1 Å². The second-order valence-electron chi connectivity index (χ2n) is 7.74. The SMILES string of the molecule is O=[N+]([O-])C1=C2N(Cc3ccc(Cl)nc3)CCN2[C@H]2CCC[C@@H]1N2c1ccccc1. The van der Waals surface area contributed by atoms with Crippen molar-refractivity contribution in [3.8, 4) is 0 Å². The van der Waals surface area contributed by atoms with Crippen molar-refractivity contribution in [3.05, 3.63) is 81.0 Å². The number of anilines is 1. The van der Waals surface area contributed by atoms with Crippen LogP contribution in [0.1, 0.15) is 24.8 Å². The Morgan fingerprint density at radius 3 is 2.69 bits per heavy atom. The van der Waals surface area contributed by atoms with Crippen molar-refractivity contribution in [1.82, 2.24) is 14.8 Å². The lowest BCUT2D eigenvalue weighted by Gasteiger charge is -2.50. The minimum absolute atomic E-state index is 0.156. The Kier molecular flexibility index (Phi) is 4.54. The Labute approximate surface area is 174 Å². The molecule has 3 aliphatic rings. The molecule has 4 heterocycles. The van der Waals surface area contributed by atoms with E-state index in [2.05, 4.69) is 31.8 Å². The molecule has 2 aromatic rings. The quantitative estimate of drug-likeness (QED) is 0.434. The molecule has 2 saturated heterocycles. The summed E-state index contributed by atoms with van der Waals surface area (Å²) in [4.78, 5) is 22.9. The van der Waals surface area contributed by atoms with Crippen LogP contribution in [0.2, 0.25) is 5.15 Å². The molecule has 0 N–H and O–H groups in total. The predicted molar refractivity (Wildman–Crippen MR) is 111 cm³/mol. The van der Waals surface area contributed by atoms with Crippen molar-refractivity contribution in [2.45, 2.75) is 38.0 Å². The Balaban J connectivity index is 1.56. The maximum absolute atomic E-state index is 12.3. The van der Waals surface area contributed by atoms with Crippen LogP contribution in [0.25, 0.3) is 0 Å². The maximum Gasteiger partial charge on any atom is 0.308 e. The molecule has 1 aromatic heterocycles. The van der Waals surface area contributed by atoms with Gasteiger partial charge in [-0.2, -0.15) is 0 Å². The van der Waals surface area contributed by atoms with Crippen LogP contribution < -0.4 is 4.90 Å². The van der Waals surface area contributed by atoms with E-state index in [1.807, 2.05) is 24.3 Å². The highest BCUT2D eigenvalue weighted by Crippen LogP contribution is 2.43. The summed E-state index contributed by atoms with van der Waals surface area (Å²) < 4.78 is 0. The van der Waals surface area contributed by atoms with E-state index in [-0.39, 0.29) is 17.1 Å². The van der Waals surface area contributed by atoms with Gasteiger partial charge in [-0.05, 0) is 43.0 Å². The Hall–Kier alpha value is -2.80. The van der Waals surface area contributed by atoms with Crippen LogP contribution in [-0.4, -0.2) is 45.0 Å². The molecule has 29 heavy (non-hydrogen) atoms. The number of halogens is 1. The van der Waals surface area contributed by atoms with Gasteiger partial charge in [0, 0.05) is 31.5 Å². The van der Waals surface area contributed by atoms with Crippen LogP contribution in [0.15, 0.2) is 60.2 Å². The van der Waals surface area contributed by atoms with Crippen molar-refractivity contribution in [2.75, 3.05) is 18.0 Å². The van der Waals surface area contributed by atoms with E-state index in [1.54, 1.807) is 12.3 Å². The molecule has 2 atom stereocenters. The number of hydrogen-bond acceptors (Lipinski definition) is 6. The van der Waals surface area contributed by atoms with E-state index in [9.17, 15) is 10.1 Å². The summed E-state index contributed by atoms with van der Waals surface area (Å²) in [6.45, 7) is 2.15. The molecule has 0 aliphatic carbocycles. The van der Waals surface area contributed by atoms with Gasteiger partial charge < -0.3 is 14.7 Å². The van der Waals surface area contributed by atoms with Gasteiger partial charge >= 0.3 is 5.70 Å². The number of piperidine rings is 1. The number of nitrogens with zero attached hydrogens (tertiary/aromatic N) is 5. The molecule has 2 bridgehead atoms. The number of benzene rings is 1. The molecule has 7 nitrogen and oxygen atoms in total. The predicted octanol–water partition coefficient (Wildman–Crippen LogP) is 3.70. The van der Waals surface area contributed by atoms with Gasteiger partial charge in [-0.15, -0.1) is 0 Å². The Morgan fingerprint density at radius 2 is 1.97 bits per heavy atom. The van der Waals surface area contributed by atoms with Gasteiger partial charge in [0.15, 0.2) is 5.82 Å². The minimum atomic E-state index is -0.207. The van der Waals surface area contributed by atoms with Gasteiger partial charge in [-0.25, -0.2) is 4.98 Å². The van der Waals surface area contributed by atoms with Crippen molar-refractivity contribution >= 4 is 17.3 Å². The fourth-order valence-electron chi connectivity index (χ4n) is 4.95. The van der Waals surface area contributed by atoms with E-state index >= 15 is 0 Å². The second kappa shape index (κ2) is 7.22. The fourth-order valence-corrected chi connectivity index (χ4v) is 5.07. The van der Waals surface area contributed by atoms with E-state index < -0.39 is 0 Å². The topological polar surface area (TPSA) is 65.8 Å². The first-order valence-corrected chi connectivity index (χ1v) is 10.4. The lowest BCUT2D eigenvalue weighted by Crippen LogP contribution is -2.60. The van der Waals surface area contributed by atoms with Gasteiger partial charge in [-0.1, -0.05) is 35.9 Å². The number of aromatic nitrogens is 1. The highest BCUT2D eigenvalue weighted by molar-refractivity contribution is 6.29. The van der Waals surface area contributed by atoms with Gasteiger partial charge in [0.05, 0.1) is 4.92 Å². The Bertz CT molecular complexity index is 949. The molecule has 0 amide bonds. The summed E-state index contributed by atoms with van der Waals surface area (Å²) in [6.07, 6.45) is 4.72. The zero-order valence-corrected chi connectivity index (χ0v) is 16.7. The zero-order chi connectivity index (χ0) is 20.0. The van der Waals surface area contributed by atoms with E-state index in [0.717, 1.165) is 49.4 Å². The molecule has 5 rings (SSSR count). The van der Waals surface area contributed by atoms with E-state index in [1.165, 1.54) is 0 Å². The standard InChI is InChI=1S/C21H22ClN5O2/c22-18-10-9-15(13-23-18)14-24-11-12-25-19-8-4-7-17(20(21(24)25)27(28)29)26(19)16-5-2-1-3-6-16/h1-3,5-6,9-10,13,17,19H,4,7-8,11-12,14H2/t17-,19+/m0/s1. The maximum atomic E-state index is 12.3. The lowest BCUT2D eigenvalue weighted by atomic mass is 9.92. The van der Waals surface area contributed by atoms with E-state index in [4.69, 9.17) is 11.6 Å². The summed E-state index contributed by atoms with van der Waals surface area (Å²) in [5, 5.41) is 12.7. The highest BCUT2D eigenvalue weighted by atomic mass is 35.5. The molecule has 3 aliphatic heterocycles. The lowest BCUT2D eigenvalue weighted by molar-refractivity contribution is -0.435. The first-order valence-electron chi connectivity index (χ1n) is 9.97. The average Bonchev–Trinajstić information content (AvgIpc) is 3.13.